The molecule has 14 aromatic heterocycles. The van der Waals surface area contributed by atoms with Gasteiger partial charge in [-0.15, -0.1) is 0 Å². The van der Waals surface area contributed by atoms with Gasteiger partial charge in [0.1, 0.15) is 28.3 Å². The van der Waals surface area contributed by atoms with E-state index < -0.39 is 0 Å². The lowest BCUT2D eigenvalue weighted by Gasteiger charge is -2.09. The van der Waals surface area contributed by atoms with E-state index in [-0.39, 0.29) is 23.6 Å². The Morgan fingerprint density at radius 1 is 0.214 bits per heavy atom. The van der Waals surface area contributed by atoms with Gasteiger partial charge in [-0.25, -0.2) is 19.9 Å². The van der Waals surface area contributed by atoms with Crippen molar-refractivity contribution in [2.45, 2.75) is 51.4 Å². The average Bonchev–Trinajstić information content (AvgIpc) is 1.62. The van der Waals surface area contributed by atoms with Gasteiger partial charge in [0.15, 0.2) is 23.3 Å². The van der Waals surface area contributed by atoms with Gasteiger partial charge in [0.25, 0.3) is 0 Å². The van der Waals surface area contributed by atoms with Crippen molar-refractivity contribution in [1.29, 1.82) is 0 Å². The number of para-hydroxylation sites is 2. The molecular weight excluding hydrogens is 1750 g/mol. The third-order valence-corrected chi connectivity index (χ3v) is 25.9. The van der Waals surface area contributed by atoms with Crippen molar-refractivity contribution in [2.75, 3.05) is 21.3 Å². The molecule has 10 aromatic carbocycles. The smallest absolute Gasteiger partial charge is 0.224 e. The van der Waals surface area contributed by atoms with E-state index >= 15 is 0 Å². The van der Waals surface area contributed by atoms with Crippen LogP contribution in [0, 0.1) is 0 Å². The van der Waals surface area contributed by atoms with Crippen molar-refractivity contribution < 1.29 is 19.2 Å². The number of H-pyrrole nitrogens is 8. The van der Waals surface area contributed by atoms with E-state index in [0.29, 0.717) is 97.4 Å². The first kappa shape index (κ1) is 82.6. The number of carbonyl (C=O) groups is 4. The maximum Gasteiger partial charge on any atom is 0.224 e. The van der Waals surface area contributed by atoms with Crippen LogP contribution < -0.4 is 21.3 Å². The number of amides is 4. The Hall–Kier alpha value is -19.3. The minimum Gasteiger partial charge on any atom is -0.337 e. The lowest BCUT2D eigenvalue weighted by molar-refractivity contribution is -0.117. The van der Waals surface area contributed by atoms with E-state index in [0.717, 1.165) is 222 Å². The molecule has 140 heavy (non-hydrogen) atoms. The molecule has 0 spiro atoms. The first-order chi connectivity index (χ1) is 68.8. The van der Waals surface area contributed by atoms with Crippen LogP contribution in [0.5, 0.6) is 0 Å². The predicted molar refractivity (Wildman–Crippen MR) is 543 cm³/mol. The molecule has 0 unspecified atom stereocenters. The lowest BCUT2D eigenvalue weighted by Crippen LogP contribution is -2.12. The summed E-state index contributed by atoms with van der Waals surface area (Å²) in [5.74, 6) is 2.59. The normalized spacial score (nSPS) is 13.2. The second-order valence-electron chi connectivity index (χ2n) is 35.1. The highest BCUT2D eigenvalue weighted by Gasteiger charge is 2.26. The number of fused-ring (bicyclic) bond motifs is 36. The highest BCUT2D eigenvalue weighted by atomic mass is 16.2. The summed E-state index contributed by atoms with van der Waals surface area (Å²) in [5, 5.41) is 46.5. The maximum absolute atomic E-state index is 12.7. The maximum atomic E-state index is 12.7. The third kappa shape index (κ3) is 16.0. The molecule has 4 aliphatic heterocycles. The van der Waals surface area contributed by atoms with E-state index in [4.69, 9.17) is 19.9 Å². The fourth-order valence-corrected chi connectivity index (χ4v) is 18.9. The topological polar surface area (TPSA) is 423 Å². The molecular formula is C110H78N26O4. The van der Waals surface area contributed by atoms with E-state index in [1.807, 2.05) is 158 Å². The number of imidazole rings is 4. The Morgan fingerprint density at radius 2 is 0.521 bits per heavy atom. The number of nitrogens with one attached hydrogen (secondary N) is 12. The molecule has 0 radical (unpaired) electrons. The molecule has 4 amide bonds. The Labute approximate surface area is 794 Å². The van der Waals surface area contributed by atoms with Crippen LogP contribution in [0.1, 0.15) is 47.9 Å². The summed E-state index contributed by atoms with van der Waals surface area (Å²) in [6.45, 7) is 0. The van der Waals surface area contributed by atoms with E-state index in [9.17, 15) is 19.2 Å². The van der Waals surface area contributed by atoms with Crippen LogP contribution in [0.4, 0.5) is 22.7 Å². The molecule has 0 saturated heterocycles. The fraction of sp³-hybridized carbons (Fsp3) is 0.0727. The molecule has 28 rings (SSSR count). The Kier molecular flexibility index (Phi) is 20.5. The standard InChI is InChI=1S/2C28H20N6O.2C27H19N7O/c2*35-25-10-7-16-3-1-4-18(11-16)21-5-2-6-24-26(21)32-28(31-24)27-22-13-17(8-9-23(22)33-34-27)19-12-20(30-25)15-29-14-19;35-24-7-4-15-2-1-3-17(8-15)21-13-29-14-23-25(21)32-27(31-23)26-20-10-16(5-6-22(20)33-34-26)18-9-19(30-24)12-28-11-18;35-23-7-4-15-2-1-3-17(10-15)24-26-22(8-9-29-24)31-27(32-26)25-20-12-16(5-6-21(20)33-34-25)18-11-19(30-23)14-28-13-18/h2*1-6,8-9,11-15H,7,10H2,(H,30,35)(H,31,32)(H,33,34);2*1-3,5-6,8-14H,4,7H2,(H,30,35)(H,31,32)(H,33,34). The SMILES string of the molecule is O=C1CCc2cccc(c2)-c2cccc3[nH]c(nc23)-c2n[nH]c3ccc(cc23)-c2cncc(c2)N1.O=C1CCc2cccc(c2)-c2cccc3[nH]c(nc23)-c2n[nH]c3ccc(cc23)-c2cncc(c2)N1.O=C1CCc2cccc(c2)-c2cncc3[nH]c(nc23)-c2n[nH]c3ccc(cc23)-c2cncc(c2)N1.O=C1CCc2cccc(c2)-c2nccc3[nH]c(nc23)-c2n[nH]c3ccc(cc23)-c2cncc(c2)N1. The number of nitrogens with zero attached hydrogens (tertiary/aromatic N) is 14. The molecule has 32 bridgehead atoms. The van der Waals surface area contributed by atoms with Gasteiger partial charge in [0.05, 0.1) is 120 Å². The summed E-state index contributed by atoms with van der Waals surface area (Å²) in [7, 11) is 0. The van der Waals surface area contributed by atoms with Crippen LogP contribution in [0.15, 0.2) is 305 Å². The fourth-order valence-electron chi connectivity index (χ4n) is 18.9. The van der Waals surface area contributed by atoms with E-state index in [2.05, 4.69) is 197 Å². The lowest BCUT2D eigenvalue weighted by atomic mass is 10.00. The summed E-state index contributed by atoms with van der Waals surface area (Å²) in [6, 6.07) is 79.2. The van der Waals surface area contributed by atoms with Crippen LogP contribution in [-0.2, 0) is 44.9 Å². The molecule has 0 atom stereocenters. The zero-order chi connectivity index (χ0) is 93.4. The van der Waals surface area contributed by atoms with Gasteiger partial charge in [0.2, 0.25) is 23.6 Å². The zero-order valence-electron chi connectivity index (χ0n) is 74.4. The molecule has 0 aliphatic carbocycles. The molecule has 30 nitrogen and oxygen atoms in total. The Morgan fingerprint density at radius 3 is 0.893 bits per heavy atom. The van der Waals surface area contributed by atoms with Crippen LogP contribution in [0.25, 0.3) is 223 Å². The van der Waals surface area contributed by atoms with Gasteiger partial charge >= 0.3 is 0 Å². The molecule has 24 aromatic rings. The van der Waals surface area contributed by atoms with Gasteiger partial charge in [-0.3, -0.25) is 69.5 Å². The van der Waals surface area contributed by atoms with E-state index in [1.54, 1.807) is 62.0 Å². The summed E-state index contributed by atoms with van der Waals surface area (Å²) >= 11 is 0. The van der Waals surface area contributed by atoms with Crippen molar-refractivity contribution in [3.8, 4) is 135 Å². The Bertz CT molecular complexity index is 8100. The number of hydrogen-bond acceptors (Lipinski definition) is 18. The van der Waals surface area contributed by atoms with Crippen LogP contribution in [-0.4, -0.2) is 134 Å². The van der Waals surface area contributed by atoms with Crippen molar-refractivity contribution >= 4 is 134 Å². The van der Waals surface area contributed by atoms with Gasteiger partial charge < -0.3 is 41.2 Å². The summed E-state index contributed by atoms with van der Waals surface area (Å²) in [5.41, 5.74) is 36.1. The number of aromatic nitrogens is 22. The largest absolute Gasteiger partial charge is 0.337 e. The van der Waals surface area contributed by atoms with Gasteiger partial charge in [-0.1, -0.05) is 140 Å². The molecule has 0 saturated carbocycles. The van der Waals surface area contributed by atoms with E-state index in [1.165, 1.54) is 0 Å². The van der Waals surface area contributed by atoms with Crippen molar-refractivity contribution in [3.05, 3.63) is 327 Å². The number of pyridine rings is 6. The van der Waals surface area contributed by atoms with Crippen molar-refractivity contribution in [1.82, 2.24) is 111 Å². The molecule has 4 aliphatic rings. The minimum atomic E-state index is -0.0554. The van der Waals surface area contributed by atoms with Gasteiger partial charge in [-0.05, 0) is 184 Å². The van der Waals surface area contributed by atoms with Crippen molar-refractivity contribution in [2.24, 2.45) is 0 Å². The van der Waals surface area contributed by atoms with Crippen LogP contribution in [0.2, 0.25) is 0 Å². The quantitative estimate of drug-likeness (QED) is 0.0671. The first-order valence-corrected chi connectivity index (χ1v) is 45.8. The third-order valence-electron chi connectivity index (χ3n) is 25.9. The van der Waals surface area contributed by atoms with Gasteiger partial charge in [0, 0.05) is 129 Å². The van der Waals surface area contributed by atoms with Gasteiger partial charge in [-0.2, -0.15) is 20.4 Å². The monoisotopic (exact) mass is 1830 g/mol. The number of rotatable bonds is 0. The number of aryl methyl sites for hydroxylation is 4. The second-order valence-corrected chi connectivity index (χ2v) is 35.1. The number of aromatic amines is 8. The second kappa shape index (κ2) is 34.6. The minimum absolute atomic E-state index is 0.0397. The number of benzene rings is 10. The molecule has 12 N–H and O–H groups in total. The first-order valence-electron chi connectivity index (χ1n) is 45.8. The highest BCUT2D eigenvalue weighted by molar-refractivity contribution is 6.05. The average molecular weight is 1830 g/mol. The number of anilines is 4. The number of carbonyl (C=O) groups excluding carboxylic acids is 4. The summed E-state index contributed by atoms with van der Waals surface area (Å²) < 4.78 is 0. The zero-order valence-corrected chi connectivity index (χ0v) is 74.4. The van der Waals surface area contributed by atoms with Crippen LogP contribution >= 0.6 is 0 Å². The molecule has 672 valence electrons. The highest BCUT2D eigenvalue weighted by Crippen LogP contribution is 2.42. The Balaban J connectivity index is 0.0000000985. The summed E-state index contributed by atoms with van der Waals surface area (Å²) in [4.78, 5) is 111. The molecule has 18 heterocycles. The molecule has 0 fully saturated rings. The predicted octanol–water partition coefficient (Wildman–Crippen LogP) is 21.7. The van der Waals surface area contributed by atoms with Crippen molar-refractivity contribution in [3.63, 3.8) is 0 Å². The summed E-state index contributed by atoms with van der Waals surface area (Å²) in [6.07, 6.45) is 23.3. The molecule has 30 heteroatoms. The number of hydrogen-bond donors (Lipinski definition) is 12. The van der Waals surface area contributed by atoms with Crippen LogP contribution in [0.3, 0.4) is 0 Å².